The van der Waals surface area contributed by atoms with Crippen LogP contribution in [0.5, 0.6) is 0 Å². The molecule has 1 aromatic carbocycles. The van der Waals surface area contributed by atoms with Crippen molar-refractivity contribution < 1.29 is 14.3 Å². The third kappa shape index (κ3) is 3.14. The smallest absolute Gasteiger partial charge is 0.168 e. The van der Waals surface area contributed by atoms with Gasteiger partial charge in [-0.05, 0) is 17.7 Å². The van der Waals surface area contributed by atoms with Crippen LogP contribution in [-0.2, 0) is 20.7 Å². The molecule has 1 saturated heterocycles. The quantitative estimate of drug-likeness (QED) is 0.852. The van der Waals surface area contributed by atoms with Gasteiger partial charge in [-0.3, -0.25) is 4.79 Å². The van der Waals surface area contributed by atoms with Crippen molar-refractivity contribution in [1.29, 1.82) is 0 Å². The maximum atomic E-state index is 11.9. The molecule has 0 aromatic heterocycles. The molecule has 2 rings (SSSR count). The molecule has 86 valence electrons. The average molecular weight is 285 g/mol. The molecule has 1 aliphatic rings. The van der Waals surface area contributed by atoms with Gasteiger partial charge in [-0.25, -0.2) is 0 Å². The lowest BCUT2D eigenvalue weighted by Gasteiger charge is -2.21. The molecular formula is C12H13BrO3. The molecule has 3 nitrogen and oxygen atoms in total. The van der Waals surface area contributed by atoms with Crippen molar-refractivity contribution in [3.05, 3.63) is 34.3 Å². The van der Waals surface area contributed by atoms with Crippen LogP contribution in [0.3, 0.4) is 0 Å². The zero-order chi connectivity index (χ0) is 11.4. The molecule has 1 aromatic rings. The Bertz CT molecular complexity index is 372. The molecule has 0 bridgehead atoms. The van der Waals surface area contributed by atoms with Crippen LogP contribution in [-0.4, -0.2) is 31.7 Å². The van der Waals surface area contributed by atoms with Crippen LogP contribution >= 0.6 is 15.9 Å². The predicted octanol–water partition coefficient (Wildman–Crippen LogP) is 1.98. The second-order valence-corrected chi connectivity index (χ2v) is 4.62. The predicted molar refractivity (Wildman–Crippen MR) is 63.4 cm³/mol. The third-order valence-electron chi connectivity index (χ3n) is 2.44. The number of rotatable bonds is 3. The van der Waals surface area contributed by atoms with Gasteiger partial charge in [-0.15, -0.1) is 0 Å². The van der Waals surface area contributed by atoms with E-state index in [-0.39, 0.29) is 5.78 Å². The van der Waals surface area contributed by atoms with Crippen LogP contribution in [0, 0.1) is 0 Å². The van der Waals surface area contributed by atoms with E-state index in [4.69, 9.17) is 9.47 Å². The molecule has 0 radical (unpaired) electrons. The van der Waals surface area contributed by atoms with E-state index in [1.165, 1.54) is 0 Å². The van der Waals surface area contributed by atoms with Crippen LogP contribution in [0.4, 0.5) is 0 Å². The largest absolute Gasteiger partial charge is 0.376 e. The first-order valence-electron chi connectivity index (χ1n) is 5.22. The van der Waals surface area contributed by atoms with Crippen molar-refractivity contribution >= 4 is 21.7 Å². The van der Waals surface area contributed by atoms with E-state index in [9.17, 15) is 4.79 Å². The van der Waals surface area contributed by atoms with Crippen LogP contribution in [0.25, 0.3) is 0 Å². The summed E-state index contributed by atoms with van der Waals surface area (Å²) >= 11 is 3.38. The summed E-state index contributed by atoms with van der Waals surface area (Å²) in [5.41, 5.74) is 0.994. The first-order chi connectivity index (χ1) is 7.75. The number of hydrogen-bond acceptors (Lipinski definition) is 3. The zero-order valence-electron chi connectivity index (χ0n) is 8.82. The normalized spacial score (nSPS) is 20.7. The van der Waals surface area contributed by atoms with Gasteiger partial charge >= 0.3 is 0 Å². The molecule has 1 unspecified atom stereocenters. The highest BCUT2D eigenvalue weighted by Gasteiger charge is 2.22. The molecule has 1 aliphatic heterocycles. The number of hydrogen-bond donors (Lipinski definition) is 0. The number of ether oxygens (including phenoxy) is 2. The highest BCUT2D eigenvalue weighted by molar-refractivity contribution is 9.10. The molecule has 16 heavy (non-hydrogen) atoms. The summed E-state index contributed by atoms with van der Waals surface area (Å²) in [7, 11) is 0. The Morgan fingerprint density at radius 1 is 1.44 bits per heavy atom. The lowest BCUT2D eigenvalue weighted by molar-refractivity contribution is -0.144. The fraction of sp³-hybridized carbons (Fsp3) is 0.417. The lowest BCUT2D eigenvalue weighted by atomic mass is 10.1. The minimum atomic E-state index is -0.396. The van der Waals surface area contributed by atoms with Gasteiger partial charge in [0.1, 0.15) is 6.10 Å². The van der Waals surface area contributed by atoms with Gasteiger partial charge < -0.3 is 9.47 Å². The Balaban J connectivity index is 1.96. The Labute approximate surface area is 103 Å². The molecule has 0 aliphatic carbocycles. The van der Waals surface area contributed by atoms with E-state index in [2.05, 4.69) is 15.9 Å². The summed E-state index contributed by atoms with van der Waals surface area (Å²) in [6.45, 7) is 1.47. The van der Waals surface area contributed by atoms with Gasteiger partial charge in [0.15, 0.2) is 5.78 Å². The van der Waals surface area contributed by atoms with Gasteiger partial charge in [0.2, 0.25) is 0 Å². The maximum Gasteiger partial charge on any atom is 0.168 e. The Hall–Kier alpha value is -0.710. The maximum absolute atomic E-state index is 11.9. The second-order valence-electron chi connectivity index (χ2n) is 3.71. The van der Waals surface area contributed by atoms with Gasteiger partial charge in [-0.2, -0.15) is 0 Å². The van der Waals surface area contributed by atoms with E-state index in [1.54, 1.807) is 0 Å². The van der Waals surface area contributed by atoms with Crippen molar-refractivity contribution in [2.45, 2.75) is 12.5 Å². The van der Waals surface area contributed by atoms with Gasteiger partial charge in [-0.1, -0.05) is 28.1 Å². The minimum Gasteiger partial charge on any atom is -0.376 e. The van der Waals surface area contributed by atoms with E-state index < -0.39 is 6.10 Å². The van der Waals surface area contributed by atoms with Crippen molar-refractivity contribution in [3.8, 4) is 0 Å². The second kappa shape index (κ2) is 5.57. The molecular weight excluding hydrogens is 272 g/mol. The molecule has 1 fully saturated rings. The van der Waals surface area contributed by atoms with Gasteiger partial charge in [0.25, 0.3) is 0 Å². The summed E-state index contributed by atoms with van der Waals surface area (Å²) in [4.78, 5) is 11.9. The highest BCUT2D eigenvalue weighted by Crippen LogP contribution is 2.13. The molecule has 1 heterocycles. The molecule has 4 heteroatoms. The number of carbonyl (C=O) groups excluding carboxylic acids is 1. The number of benzene rings is 1. The van der Waals surface area contributed by atoms with Crippen molar-refractivity contribution in [2.24, 2.45) is 0 Å². The summed E-state index contributed by atoms with van der Waals surface area (Å²) in [6, 6.07) is 7.74. The van der Waals surface area contributed by atoms with E-state index in [0.29, 0.717) is 26.2 Å². The fourth-order valence-corrected chi connectivity index (χ4v) is 2.08. The van der Waals surface area contributed by atoms with Crippen molar-refractivity contribution in [3.63, 3.8) is 0 Å². The molecule has 0 saturated carbocycles. The Morgan fingerprint density at radius 2 is 2.31 bits per heavy atom. The van der Waals surface area contributed by atoms with Gasteiger partial charge in [0.05, 0.1) is 19.8 Å². The highest BCUT2D eigenvalue weighted by atomic mass is 79.9. The summed E-state index contributed by atoms with van der Waals surface area (Å²) < 4.78 is 11.6. The lowest BCUT2D eigenvalue weighted by Crippen LogP contribution is -2.36. The van der Waals surface area contributed by atoms with Crippen LogP contribution in [0.2, 0.25) is 0 Å². The first-order valence-corrected chi connectivity index (χ1v) is 6.01. The number of halogens is 1. The van der Waals surface area contributed by atoms with Crippen LogP contribution in [0.1, 0.15) is 5.56 Å². The summed E-state index contributed by atoms with van der Waals surface area (Å²) in [5, 5.41) is 0. The zero-order valence-corrected chi connectivity index (χ0v) is 10.4. The monoisotopic (exact) mass is 284 g/mol. The van der Waals surface area contributed by atoms with Gasteiger partial charge in [0, 0.05) is 10.9 Å². The minimum absolute atomic E-state index is 0.0813. The van der Waals surface area contributed by atoms with Crippen LogP contribution in [0.15, 0.2) is 28.7 Å². The summed E-state index contributed by atoms with van der Waals surface area (Å²) in [6.07, 6.45) is 0.000677. The van der Waals surface area contributed by atoms with Crippen LogP contribution < -0.4 is 0 Å². The third-order valence-corrected chi connectivity index (χ3v) is 2.94. The number of Topliss-reactive ketones (excluding diaryl/α,β-unsaturated/α-hetero) is 1. The number of ketones is 1. The molecule has 0 N–H and O–H groups in total. The molecule has 0 spiro atoms. The topological polar surface area (TPSA) is 35.5 Å². The first kappa shape index (κ1) is 11.8. The Morgan fingerprint density at radius 3 is 3.00 bits per heavy atom. The van der Waals surface area contributed by atoms with E-state index in [0.717, 1.165) is 10.0 Å². The van der Waals surface area contributed by atoms with E-state index >= 15 is 0 Å². The number of carbonyl (C=O) groups is 1. The standard InChI is InChI=1S/C12H13BrO3/c13-10-3-1-2-9(6-10)7-11(14)12-8-15-4-5-16-12/h1-3,6,12H,4-5,7-8H2. The van der Waals surface area contributed by atoms with Crippen molar-refractivity contribution in [1.82, 2.24) is 0 Å². The fourth-order valence-electron chi connectivity index (χ4n) is 1.64. The SMILES string of the molecule is O=C(Cc1cccc(Br)c1)C1COCCO1. The average Bonchev–Trinajstić information content (AvgIpc) is 2.30. The molecule has 0 amide bonds. The van der Waals surface area contributed by atoms with E-state index in [1.807, 2.05) is 24.3 Å². The Kier molecular flexibility index (Phi) is 4.09. The van der Waals surface area contributed by atoms with Crippen molar-refractivity contribution in [2.75, 3.05) is 19.8 Å². The molecule has 1 atom stereocenters. The summed E-state index contributed by atoms with van der Waals surface area (Å²) in [5.74, 6) is 0.0813.